The van der Waals surface area contributed by atoms with Crippen LogP contribution in [-0.4, -0.2) is 36.5 Å². The number of hydrogen-bond acceptors (Lipinski definition) is 2. The molecule has 1 saturated heterocycles. The van der Waals surface area contributed by atoms with Crippen LogP contribution in [0.15, 0.2) is 54.6 Å². The standard InChI is InChI=1S/C21H24FN3O2/c22-18-6-8-19(9-7-18)24-21(27)25-14-11-16(12-15-25)10-13-23-20(26)17-4-2-1-3-5-17/h1-9,16H,10-15H2,(H,23,26)(H,24,27). The number of urea groups is 1. The maximum Gasteiger partial charge on any atom is 0.321 e. The minimum absolute atomic E-state index is 0.0493. The Balaban J connectivity index is 1.36. The van der Waals surface area contributed by atoms with Gasteiger partial charge in [-0.2, -0.15) is 0 Å². The Morgan fingerprint density at radius 1 is 1.00 bits per heavy atom. The van der Waals surface area contributed by atoms with E-state index >= 15 is 0 Å². The lowest BCUT2D eigenvalue weighted by Gasteiger charge is -2.32. The number of likely N-dealkylation sites (tertiary alicyclic amines) is 1. The van der Waals surface area contributed by atoms with E-state index in [9.17, 15) is 14.0 Å². The summed E-state index contributed by atoms with van der Waals surface area (Å²) in [5.74, 6) is 0.121. The van der Waals surface area contributed by atoms with E-state index in [4.69, 9.17) is 0 Å². The summed E-state index contributed by atoms with van der Waals surface area (Å²) in [6.07, 6.45) is 2.74. The van der Waals surface area contributed by atoms with E-state index in [1.807, 2.05) is 18.2 Å². The van der Waals surface area contributed by atoms with Gasteiger partial charge in [-0.15, -0.1) is 0 Å². The molecule has 1 aliphatic rings. The van der Waals surface area contributed by atoms with Gasteiger partial charge in [0.1, 0.15) is 5.82 Å². The molecule has 0 bridgehead atoms. The van der Waals surface area contributed by atoms with Gasteiger partial charge in [0.25, 0.3) is 5.91 Å². The SMILES string of the molecule is O=C(NCCC1CCN(C(=O)Nc2ccc(F)cc2)CC1)c1ccccc1. The average Bonchev–Trinajstić information content (AvgIpc) is 2.71. The van der Waals surface area contributed by atoms with Gasteiger partial charge < -0.3 is 15.5 Å². The van der Waals surface area contributed by atoms with Crippen LogP contribution in [0.5, 0.6) is 0 Å². The largest absolute Gasteiger partial charge is 0.352 e. The van der Waals surface area contributed by atoms with Gasteiger partial charge in [0, 0.05) is 30.9 Å². The highest BCUT2D eigenvalue weighted by Crippen LogP contribution is 2.21. The molecule has 2 aromatic carbocycles. The third-order valence-corrected chi connectivity index (χ3v) is 4.87. The molecule has 0 spiro atoms. The predicted molar refractivity (Wildman–Crippen MR) is 103 cm³/mol. The molecule has 0 unspecified atom stereocenters. The van der Waals surface area contributed by atoms with Crippen LogP contribution in [0.4, 0.5) is 14.9 Å². The fourth-order valence-corrected chi connectivity index (χ4v) is 3.24. The number of anilines is 1. The molecule has 2 aromatic rings. The summed E-state index contributed by atoms with van der Waals surface area (Å²) in [7, 11) is 0. The molecule has 0 radical (unpaired) electrons. The number of carbonyl (C=O) groups excluding carboxylic acids is 2. The monoisotopic (exact) mass is 369 g/mol. The van der Waals surface area contributed by atoms with Crippen molar-refractivity contribution in [2.75, 3.05) is 25.0 Å². The van der Waals surface area contributed by atoms with Gasteiger partial charge in [-0.3, -0.25) is 4.79 Å². The molecule has 0 saturated carbocycles. The van der Waals surface area contributed by atoms with E-state index in [0.717, 1.165) is 19.3 Å². The van der Waals surface area contributed by atoms with Gasteiger partial charge in [-0.25, -0.2) is 9.18 Å². The van der Waals surface area contributed by atoms with Crippen molar-refractivity contribution in [3.05, 3.63) is 66.0 Å². The lowest BCUT2D eigenvalue weighted by molar-refractivity contribution is 0.0949. The van der Waals surface area contributed by atoms with E-state index in [0.29, 0.717) is 36.8 Å². The van der Waals surface area contributed by atoms with Crippen molar-refractivity contribution < 1.29 is 14.0 Å². The van der Waals surface area contributed by atoms with E-state index in [1.54, 1.807) is 29.2 Å². The molecular weight excluding hydrogens is 345 g/mol. The average molecular weight is 369 g/mol. The van der Waals surface area contributed by atoms with Crippen molar-refractivity contribution in [1.29, 1.82) is 0 Å². The van der Waals surface area contributed by atoms with Gasteiger partial charge >= 0.3 is 6.03 Å². The molecule has 2 N–H and O–H groups in total. The number of rotatable bonds is 5. The summed E-state index contributed by atoms with van der Waals surface area (Å²) in [5, 5.41) is 5.75. The van der Waals surface area contributed by atoms with E-state index in [2.05, 4.69) is 10.6 Å². The Hall–Kier alpha value is -2.89. The van der Waals surface area contributed by atoms with Crippen molar-refractivity contribution in [3.8, 4) is 0 Å². The number of hydrogen-bond donors (Lipinski definition) is 2. The Bertz CT molecular complexity index is 757. The zero-order chi connectivity index (χ0) is 19.1. The van der Waals surface area contributed by atoms with Crippen molar-refractivity contribution in [3.63, 3.8) is 0 Å². The van der Waals surface area contributed by atoms with Crippen LogP contribution in [0.2, 0.25) is 0 Å². The van der Waals surface area contributed by atoms with Gasteiger partial charge in [-0.05, 0) is 61.6 Å². The number of halogens is 1. The van der Waals surface area contributed by atoms with E-state index < -0.39 is 0 Å². The van der Waals surface area contributed by atoms with Crippen LogP contribution in [0.3, 0.4) is 0 Å². The lowest BCUT2D eigenvalue weighted by Crippen LogP contribution is -2.41. The second kappa shape index (κ2) is 9.16. The van der Waals surface area contributed by atoms with E-state index in [-0.39, 0.29) is 17.8 Å². The minimum Gasteiger partial charge on any atom is -0.352 e. The second-order valence-electron chi connectivity index (χ2n) is 6.78. The third kappa shape index (κ3) is 5.54. The van der Waals surface area contributed by atoms with Gasteiger partial charge in [0.15, 0.2) is 0 Å². The van der Waals surface area contributed by atoms with Crippen molar-refractivity contribution in [1.82, 2.24) is 10.2 Å². The Morgan fingerprint density at radius 3 is 2.33 bits per heavy atom. The molecule has 3 amide bonds. The smallest absolute Gasteiger partial charge is 0.321 e. The first-order valence-corrected chi connectivity index (χ1v) is 9.26. The molecule has 3 rings (SSSR count). The van der Waals surface area contributed by atoms with Gasteiger partial charge in [0.2, 0.25) is 0 Å². The summed E-state index contributed by atoms with van der Waals surface area (Å²) < 4.78 is 12.9. The number of carbonyl (C=O) groups is 2. The highest BCUT2D eigenvalue weighted by atomic mass is 19.1. The Labute approximate surface area is 158 Å². The number of nitrogens with one attached hydrogen (secondary N) is 2. The quantitative estimate of drug-likeness (QED) is 0.840. The van der Waals surface area contributed by atoms with Crippen molar-refractivity contribution >= 4 is 17.6 Å². The first-order chi connectivity index (χ1) is 13.1. The molecule has 0 aromatic heterocycles. The van der Waals surface area contributed by atoms with Gasteiger partial charge in [0.05, 0.1) is 0 Å². The summed E-state index contributed by atoms with van der Waals surface area (Å²) in [4.78, 5) is 26.1. The molecule has 6 heteroatoms. The molecule has 0 aliphatic carbocycles. The molecule has 1 aliphatic heterocycles. The number of benzene rings is 2. The Kier molecular flexibility index (Phi) is 6.41. The lowest BCUT2D eigenvalue weighted by atomic mass is 9.93. The maximum absolute atomic E-state index is 12.9. The first-order valence-electron chi connectivity index (χ1n) is 9.26. The third-order valence-electron chi connectivity index (χ3n) is 4.87. The van der Waals surface area contributed by atoms with Crippen LogP contribution in [-0.2, 0) is 0 Å². The van der Waals surface area contributed by atoms with Crippen molar-refractivity contribution in [2.45, 2.75) is 19.3 Å². The second-order valence-corrected chi connectivity index (χ2v) is 6.78. The number of piperidine rings is 1. The number of amides is 3. The fourth-order valence-electron chi connectivity index (χ4n) is 3.24. The Morgan fingerprint density at radius 2 is 1.67 bits per heavy atom. The molecule has 5 nitrogen and oxygen atoms in total. The first kappa shape index (κ1) is 18.9. The van der Waals surface area contributed by atoms with Crippen LogP contribution < -0.4 is 10.6 Å². The molecule has 1 heterocycles. The molecule has 27 heavy (non-hydrogen) atoms. The molecule has 1 fully saturated rings. The number of nitrogens with zero attached hydrogens (tertiary/aromatic N) is 1. The summed E-state index contributed by atoms with van der Waals surface area (Å²) in [6.45, 7) is 2.01. The highest BCUT2D eigenvalue weighted by Gasteiger charge is 2.22. The minimum atomic E-state index is -0.326. The van der Waals surface area contributed by atoms with E-state index in [1.165, 1.54) is 12.1 Å². The normalized spacial score (nSPS) is 14.6. The molecular formula is C21H24FN3O2. The van der Waals surface area contributed by atoms with Crippen molar-refractivity contribution in [2.24, 2.45) is 5.92 Å². The van der Waals surface area contributed by atoms with Crippen LogP contribution in [0, 0.1) is 11.7 Å². The summed E-state index contributed by atoms with van der Waals surface area (Å²) >= 11 is 0. The summed E-state index contributed by atoms with van der Waals surface area (Å²) in [6, 6.07) is 14.8. The zero-order valence-electron chi connectivity index (χ0n) is 15.2. The van der Waals surface area contributed by atoms with Crippen LogP contribution in [0.1, 0.15) is 29.6 Å². The maximum atomic E-state index is 12.9. The predicted octanol–water partition coefficient (Wildman–Crippen LogP) is 3.89. The fraction of sp³-hybridized carbons (Fsp3) is 0.333. The van der Waals surface area contributed by atoms with Crippen LogP contribution >= 0.6 is 0 Å². The highest BCUT2D eigenvalue weighted by molar-refractivity contribution is 5.94. The van der Waals surface area contributed by atoms with Gasteiger partial charge in [-0.1, -0.05) is 18.2 Å². The molecule has 142 valence electrons. The zero-order valence-corrected chi connectivity index (χ0v) is 15.2. The molecule has 0 atom stereocenters. The van der Waals surface area contributed by atoms with Crippen LogP contribution in [0.25, 0.3) is 0 Å². The summed E-state index contributed by atoms with van der Waals surface area (Å²) in [5.41, 5.74) is 1.26. The topological polar surface area (TPSA) is 61.4 Å².